The van der Waals surface area contributed by atoms with E-state index in [-0.39, 0.29) is 17.9 Å². The second-order valence-electron chi connectivity index (χ2n) is 6.34. The molecule has 126 valence electrons. The Morgan fingerprint density at radius 1 is 1.12 bits per heavy atom. The van der Waals surface area contributed by atoms with Crippen LogP contribution >= 0.6 is 0 Å². The minimum atomic E-state index is -0.120. The Hall–Kier alpha value is -2.20. The third-order valence-electron chi connectivity index (χ3n) is 4.86. The molecule has 24 heavy (non-hydrogen) atoms. The molecule has 1 unspecified atom stereocenters. The monoisotopic (exact) mass is 323 g/mol. The lowest BCUT2D eigenvalue weighted by molar-refractivity contribution is -0.126. The lowest BCUT2D eigenvalue weighted by atomic mass is 9.93. The molecule has 1 atom stereocenters. The van der Waals surface area contributed by atoms with Gasteiger partial charge >= 0.3 is 0 Å². The summed E-state index contributed by atoms with van der Waals surface area (Å²) < 4.78 is 0. The fourth-order valence-corrected chi connectivity index (χ4v) is 3.33. The first-order valence-electron chi connectivity index (χ1n) is 8.75. The molecule has 1 aromatic carbocycles. The number of likely N-dealkylation sites (tertiary alicyclic amines) is 1. The number of piperidine rings is 1. The van der Waals surface area contributed by atoms with Gasteiger partial charge in [-0.25, -0.2) is 0 Å². The van der Waals surface area contributed by atoms with Crippen molar-refractivity contribution in [2.45, 2.75) is 25.8 Å². The van der Waals surface area contributed by atoms with Crippen LogP contribution in [0.25, 0.3) is 0 Å². The summed E-state index contributed by atoms with van der Waals surface area (Å²) in [5.41, 5.74) is 2.17. The van der Waals surface area contributed by atoms with Crippen LogP contribution in [0.15, 0.2) is 54.9 Å². The number of hydrogen-bond donors (Lipinski definition) is 1. The van der Waals surface area contributed by atoms with Crippen molar-refractivity contribution < 1.29 is 4.79 Å². The van der Waals surface area contributed by atoms with Crippen molar-refractivity contribution in [2.24, 2.45) is 5.92 Å². The Morgan fingerprint density at radius 2 is 1.75 bits per heavy atom. The fraction of sp³-hybridized carbons (Fsp3) is 0.400. The largest absolute Gasteiger partial charge is 0.345 e. The van der Waals surface area contributed by atoms with Crippen LogP contribution in [0, 0.1) is 5.92 Å². The zero-order valence-corrected chi connectivity index (χ0v) is 14.2. The predicted octanol–water partition coefficient (Wildman–Crippen LogP) is 3.02. The summed E-state index contributed by atoms with van der Waals surface area (Å²) in [7, 11) is 0. The van der Waals surface area contributed by atoms with Gasteiger partial charge in [-0.2, -0.15) is 0 Å². The maximum absolute atomic E-state index is 12.8. The molecular formula is C20H25N3O. The number of amides is 1. The summed E-state index contributed by atoms with van der Waals surface area (Å²) in [6.45, 7) is 5.27. The molecule has 1 aliphatic heterocycles. The number of nitrogens with one attached hydrogen (secondary N) is 1. The number of carbonyl (C=O) groups is 1. The molecule has 4 nitrogen and oxygen atoms in total. The number of benzene rings is 1. The van der Waals surface area contributed by atoms with E-state index in [4.69, 9.17) is 0 Å². The second-order valence-corrected chi connectivity index (χ2v) is 6.34. The highest BCUT2D eigenvalue weighted by Gasteiger charge is 2.26. The highest BCUT2D eigenvalue weighted by Crippen LogP contribution is 2.24. The van der Waals surface area contributed by atoms with Gasteiger partial charge in [-0.15, -0.1) is 0 Å². The number of carbonyl (C=O) groups excluding carboxylic acids is 1. The number of aromatic nitrogens is 1. The Bertz CT molecular complexity index is 597. The third-order valence-corrected chi connectivity index (χ3v) is 4.86. The first-order chi connectivity index (χ1) is 11.8. The van der Waals surface area contributed by atoms with Gasteiger partial charge in [0.25, 0.3) is 0 Å². The van der Waals surface area contributed by atoms with E-state index in [2.05, 4.69) is 34.3 Å². The van der Waals surface area contributed by atoms with Crippen LogP contribution in [0.5, 0.6) is 0 Å². The molecule has 0 radical (unpaired) electrons. The second kappa shape index (κ2) is 8.06. The highest BCUT2D eigenvalue weighted by atomic mass is 16.1. The zero-order chi connectivity index (χ0) is 16.8. The van der Waals surface area contributed by atoms with Crippen molar-refractivity contribution in [3.63, 3.8) is 0 Å². The summed E-state index contributed by atoms with van der Waals surface area (Å²) in [6, 6.07) is 14.0. The molecule has 4 heteroatoms. The molecular weight excluding hydrogens is 298 g/mol. The van der Waals surface area contributed by atoms with E-state index in [9.17, 15) is 4.79 Å². The van der Waals surface area contributed by atoms with Crippen LogP contribution in [-0.4, -0.2) is 35.4 Å². The van der Waals surface area contributed by atoms with Gasteiger partial charge in [-0.05, 0) is 55.7 Å². The van der Waals surface area contributed by atoms with Crippen LogP contribution in [0.1, 0.15) is 36.9 Å². The fourth-order valence-electron chi connectivity index (χ4n) is 3.33. The Labute approximate surface area is 143 Å². The van der Waals surface area contributed by atoms with Crippen LogP contribution in [0.3, 0.4) is 0 Å². The molecule has 0 aliphatic carbocycles. The van der Waals surface area contributed by atoms with Gasteiger partial charge in [-0.3, -0.25) is 9.78 Å². The van der Waals surface area contributed by atoms with E-state index in [1.807, 2.05) is 30.3 Å². The van der Waals surface area contributed by atoms with Gasteiger partial charge in [0.1, 0.15) is 0 Å². The summed E-state index contributed by atoms with van der Waals surface area (Å²) >= 11 is 0. The van der Waals surface area contributed by atoms with Gasteiger partial charge < -0.3 is 10.2 Å². The van der Waals surface area contributed by atoms with E-state index in [1.54, 1.807) is 12.4 Å². The van der Waals surface area contributed by atoms with Crippen LogP contribution < -0.4 is 5.32 Å². The summed E-state index contributed by atoms with van der Waals surface area (Å²) in [6.07, 6.45) is 5.43. The number of rotatable bonds is 5. The minimum Gasteiger partial charge on any atom is -0.345 e. The van der Waals surface area contributed by atoms with E-state index < -0.39 is 0 Å². The summed E-state index contributed by atoms with van der Waals surface area (Å²) in [5, 5.41) is 3.27. The molecule has 0 saturated carbocycles. The van der Waals surface area contributed by atoms with Crippen LogP contribution in [-0.2, 0) is 4.79 Å². The molecule has 0 bridgehead atoms. The molecule has 1 amide bonds. The highest BCUT2D eigenvalue weighted by molar-refractivity contribution is 5.79. The molecule has 0 spiro atoms. The van der Waals surface area contributed by atoms with Crippen molar-refractivity contribution in [3.8, 4) is 0 Å². The van der Waals surface area contributed by atoms with Crippen molar-refractivity contribution >= 4 is 5.91 Å². The summed E-state index contributed by atoms with van der Waals surface area (Å²) in [4.78, 5) is 19.3. The Kier molecular flexibility index (Phi) is 5.59. The average molecular weight is 323 g/mol. The van der Waals surface area contributed by atoms with Crippen LogP contribution in [0.4, 0.5) is 0 Å². The molecule has 1 N–H and O–H groups in total. The predicted molar refractivity (Wildman–Crippen MR) is 95.5 cm³/mol. The average Bonchev–Trinajstić information content (AvgIpc) is 2.67. The topological polar surface area (TPSA) is 45.2 Å². The first kappa shape index (κ1) is 16.7. The van der Waals surface area contributed by atoms with Gasteiger partial charge in [-0.1, -0.05) is 37.3 Å². The van der Waals surface area contributed by atoms with Crippen LogP contribution in [0.2, 0.25) is 0 Å². The molecule has 1 fully saturated rings. The minimum absolute atomic E-state index is 0.112. The molecule has 2 aromatic rings. The number of pyridine rings is 1. The van der Waals surface area contributed by atoms with E-state index in [0.29, 0.717) is 0 Å². The van der Waals surface area contributed by atoms with Crippen molar-refractivity contribution in [3.05, 3.63) is 66.0 Å². The van der Waals surface area contributed by atoms with Gasteiger partial charge in [0.15, 0.2) is 0 Å². The van der Waals surface area contributed by atoms with E-state index in [1.165, 1.54) is 0 Å². The van der Waals surface area contributed by atoms with Crippen molar-refractivity contribution in [2.75, 3.05) is 19.6 Å². The van der Waals surface area contributed by atoms with Gasteiger partial charge in [0, 0.05) is 18.3 Å². The maximum atomic E-state index is 12.8. The van der Waals surface area contributed by atoms with E-state index >= 15 is 0 Å². The first-order valence-corrected chi connectivity index (χ1v) is 8.75. The SMILES string of the molecule is CCN1CCC(C(=O)NC(c2ccccc2)c2ccncc2)CC1. The molecule has 1 aromatic heterocycles. The number of nitrogens with zero attached hydrogens (tertiary/aromatic N) is 2. The lowest BCUT2D eigenvalue weighted by Gasteiger charge is -2.31. The zero-order valence-electron chi connectivity index (χ0n) is 14.2. The Balaban J connectivity index is 1.74. The molecule has 1 saturated heterocycles. The molecule has 1 aliphatic rings. The smallest absolute Gasteiger partial charge is 0.223 e. The quantitative estimate of drug-likeness (QED) is 0.920. The Morgan fingerprint density at radius 3 is 2.38 bits per heavy atom. The normalized spacial score (nSPS) is 17.4. The van der Waals surface area contributed by atoms with Gasteiger partial charge in [0.05, 0.1) is 6.04 Å². The maximum Gasteiger partial charge on any atom is 0.223 e. The van der Waals surface area contributed by atoms with Crippen molar-refractivity contribution in [1.82, 2.24) is 15.2 Å². The summed E-state index contributed by atoms with van der Waals surface area (Å²) in [5.74, 6) is 0.275. The third kappa shape index (κ3) is 4.01. The standard InChI is InChI=1S/C20H25N3O/c1-2-23-14-10-18(11-15-23)20(24)22-19(16-6-4-3-5-7-16)17-8-12-21-13-9-17/h3-9,12-13,18-19H,2,10-11,14-15H2,1H3,(H,22,24). The molecule has 2 heterocycles. The molecule has 3 rings (SSSR count). The lowest BCUT2D eigenvalue weighted by Crippen LogP contribution is -2.41. The van der Waals surface area contributed by atoms with Gasteiger partial charge in [0.2, 0.25) is 5.91 Å². The van der Waals surface area contributed by atoms with E-state index in [0.717, 1.165) is 43.6 Å². The number of hydrogen-bond acceptors (Lipinski definition) is 3. The van der Waals surface area contributed by atoms with Crippen molar-refractivity contribution in [1.29, 1.82) is 0 Å².